The van der Waals surface area contributed by atoms with Crippen molar-refractivity contribution in [2.45, 2.75) is 19.5 Å². The van der Waals surface area contributed by atoms with Gasteiger partial charge in [0.1, 0.15) is 16.1 Å². The molecule has 0 aliphatic heterocycles. The van der Waals surface area contributed by atoms with Crippen molar-refractivity contribution in [3.8, 4) is 0 Å². The maximum absolute atomic E-state index is 2.58. The lowest BCUT2D eigenvalue weighted by Gasteiger charge is -2.43. The summed E-state index contributed by atoms with van der Waals surface area (Å²) in [6.45, 7) is 4.38. The lowest BCUT2D eigenvalue weighted by atomic mass is 10.2. The Morgan fingerprint density at radius 1 is 0.293 bits per heavy atom. The van der Waals surface area contributed by atoms with E-state index >= 15 is 0 Å². The van der Waals surface area contributed by atoms with Gasteiger partial charge in [-0.05, 0) is 50.6 Å². The van der Waals surface area contributed by atoms with Crippen LogP contribution in [-0.2, 0) is 0 Å². The van der Waals surface area contributed by atoms with Crippen LogP contribution in [-0.4, -0.2) is 16.1 Å². The summed E-state index contributed by atoms with van der Waals surface area (Å²) in [6.07, 6.45) is 0. The molecule has 6 rings (SSSR count). The number of aryl methyl sites for hydroxylation is 2. The molecular weight excluding hydrogens is 525 g/mol. The zero-order valence-electron chi connectivity index (χ0n) is 23.9. The van der Waals surface area contributed by atoms with Crippen LogP contribution in [0.5, 0.6) is 0 Å². The minimum absolute atomic E-state index is 1.09. The fourth-order valence-corrected chi connectivity index (χ4v) is 21.2. The largest absolute Gasteiger partial charge is 0.146 e. The number of rotatable bonds is 8. The molecule has 41 heavy (non-hydrogen) atoms. The molecule has 0 aliphatic rings. The zero-order chi connectivity index (χ0) is 28.1. The van der Waals surface area contributed by atoms with E-state index in [1.807, 2.05) is 0 Å². The first-order valence-electron chi connectivity index (χ1n) is 14.5. The van der Waals surface area contributed by atoms with E-state index in [9.17, 15) is 0 Å². The maximum atomic E-state index is 2.42. The van der Waals surface area contributed by atoms with Crippen molar-refractivity contribution in [2.75, 3.05) is 0 Å². The molecule has 200 valence electrons. The Labute approximate surface area is 247 Å². The second-order valence-electron chi connectivity index (χ2n) is 11.2. The molecule has 6 aromatic rings. The highest BCUT2D eigenvalue weighted by atomic mass is 28.4. The second-order valence-corrected chi connectivity index (χ2v) is 19.7. The van der Waals surface area contributed by atoms with Gasteiger partial charge in [-0.1, -0.05) is 181 Å². The Balaban J connectivity index is 1.76. The summed E-state index contributed by atoms with van der Waals surface area (Å²) in [5.74, 6) is 0. The number of hydrogen-bond acceptors (Lipinski definition) is 0. The minimum atomic E-state index is -2.58. The molecule has 0 N–H and O–H groups in total. The van der Waals surface area contributed by atoms with Crippen LogP contribution in [0.15, 0.2) is 170 Å². The van der Waals surface area contributed by atoms with Crippen LogP contribution in [0.4, 0.5) is 0 Å². The molecule has 0 amide bonds. The fraction of sp³-hybridized carbons (Fsp3) is 0.0769. The Kier molecular flexibility index (Phi) is 7.69. The second kappa shape index (κ2) is 11.7. The normalized spacial score (nSPS) is 11.8. The van der Waals surface area contributed by atoms with E-state index in [-0.39, 0.29) is 0 Å². The van der Waals surface area contributed by atoms with E-state index in [1.54, 1.807) is 0 Å². The van der Waals surface area contributed by atoms with Crippen LogP contribution in [0.25, 0.3) is 0 Å². The van der Waals surface area contributed by atoms with Crippen LogP contribution in [0.3, 0.4) is 0 Å². The highest BCUT2D eigenvalue weighted by molar-refractivity contribution is 7.25. The molecule has 0 nitrogen and oxygen atoms in total. The van der Waals surface area contributed by atoms with Gasteiger partial charge in [-0.25, -0.2) is 0 Å². The summed E-state index contributed by atoms with van der Waals surface area (Å²) >= 11 is 0. The van der Waals surface area contributed by atoms with Gasteiger partial charge in [0.15, 0.2) is 0 Å². The lowest BCUT2D eigenvalue weighted by Crippen LogP contribution is -2.78. The summed E-state index contributed by atoms with van der Waals surface area (Å²) in [4.78, 5) is 0. The Bertz CT molecular complexity index is 1470. The molecule has 6 aromatic carbocycles. The highest BCUT2D eigenvalue weighted by Crippen LogP contribution is 2.23. The van der Waals surface area contributed by atoms with E-state index in [4.69, 9.17) is 0 Å². The van der Waals surface area contributed by atoms with Crippen LogP contribution in [0, 0.1) is 13.8 Å². The minimum Gasteiger partial charge on any atom is -0.0624 e. The zero-order valence-corrected chi connectivity index (χ0v) is 25.9. The molecule has 0 atom stereocenters. The monoisotopic (exact) mass is 560 g/mol. The average molecular weight is 561 g/mol. The molecule has 0 bridgehead atoms. The molecule has 2 heteroatoms. The third-order valence-electron chi connectivity index (χ3n) is 8.69. The summed E-state index contributed by atoms with van der Waals surface area (Å²) in [5, 5.41) is 8.79. The smallest absolute Gasteiger partial charge is 0.0624 e. The van der Waals surface area contributed by atoms with Gasteiger partial charge in [-0.2, -0.15) is 0 Å². The van der Waals surface area contributed by atoms with Crippen molar-refractivity contribution >= 4 is 47.3 Å². The Morgan fingerprint density at radius 3 is 0.756 bits per heavy atom. The first-order valence-corrected chi connectivity index (χ1v) is 18.9. The van der Waals surface area contributed by atoms with E-state index < -0.39 is 16.1 Å². The molecular formula is C39H36Si2. The van der Waals surface area contributed by atoms with Crippen molar-refractivity contribution in [1.82, 2.24) is 0 Å². The van der Waals surface area contributed by atoms with Crippen molar-refractivity contribution < 1.29 is 0 Å². The molecule has 0 saturated heterocycles. The molecule has 0 aliphatic carbocycles. The molecule has 0 radical (unpaired) electrons. The summed E-state index contributed by atoms with van der Waals surface area (Å²) in [7, 11) is -5.16. The fourth-order valence-electron chi connectivity index (χ4n) is 6.58. The van der Waals surface area contributed by atoms with Gasteiger partial charge < -0.3 is 0 Å². The van der Waals surface area contributed by atoms with Crippen molar-refractivity contribution in [2.24, 2.45) is 0 Å². The van der Waals surface area contributed by atoms with Crippen LogP contribution >= 0.6 is 0 Å². The predicted molar refractivity (Wildman–Crippen MR) is 182 cm³/mol. The molecule has 0 aromatic heterocycles. The lowest BCUT2D eigenvalue weighted by molar-refractivity contribution is 1.47. The van der Waals surface area contributed by atoms with Gasteiger partial charge in [0, 0.05) is 0 Å². The summed E-state index contributed by atoms with van der Waals surface area (Å²) in [6, 6.07) is 64.5. The molecule has 0 heterocycles. The van der Waals surface area contributed by atoms with Crippen molar-refractivity contribution in [3.05, 3.63) is 181 Å². The highest BCUT2D eigenvalue weighted by Gasteiger charge is 2.50. The molecule has 0 saturated carbocycles. The first-order chi connectivity index (χ1) is 20.1. The number of benzene rings is 6. The third kappa shape index (κ3) is 5.06. The van der Waals surface area contributed by atoms with Gasteiger partial charge in [-0.3, -0.25) is 0 Å². The SMILES string of the molecule is Cc1ccc([Si](C[Si](c2ccccc2)(c2ccccc2)c2ccc(C)cc2)(c2ccccc2)c2ccccc2)cc1. The van der Waals surface area contributed by atoms with Crippen molar-refractivity contribution in [1.29, 1.82) is 0 Å². The molecule has 0 unspecified atom stereocenters. The summed E-state index contributed by atoms with van der Waals surface area (Å²) in [5.41, 5.74) is 3.69. The molecule has 0 spiro atoms. The quantitative estimate of drug-likeness (QED) is 0.171. The van der Waals surface area contributed by atoms with E-state index in [2.05, 4.69) is 184 Å². The Hall–Kier alpha value is -4.25. The van der Waals surface area contributed by atoms with Gasteiger partial charge in [0.25, 0.3) is 0 Å². The number of hydrogen-bond donors (Lipinski definition) is 0. The third-order valence-corrected chi connectivity index (χ3v) is 20.8. The maximum Gasteiger partial charge on any atom is 0.146 e. The van der Waals surface area contributed by atoms with E-state index in [0.717, 1.165) is 5.67 Å². The summed E-state index contributed by atoms with van der Waals surface area (Å²) < 4.78 is 0. The molecule has 0 fully saturated rings. The predicted octanol–water partition coefficient (Wildman–Crippen LogP) is 5.48. The Morgan fingerprint density at radius 2 is 0.512 bits per heavy atom. The van der Waals surface area contributed by atoms with E-state index in [0.29, 0.717) is 0 Å². The average Bonchev–Trinajstić information content (AvgIpc) is 3.05. The van der Waals surface area contributed by atoms with Crippen LogP contribution < -0.4 is 31.1 Å². The van der Waals surface area contributed by atoms with Crippen LogP contribution in [0.1, 0.15) is 11.1 Å². The van der Waals surface area contributed by atoms with Gasteiger partial charge in [0.05, 0.1) is 0 Å². The van der Waals surface area contributed by atoms with Crippen LogP contribution in [0.2, 0.25) is 5.67 Å². The standard InChI is InChI=1S/C39H36Si2/c1-32-23-27-38(28-24-32)40(34-15-7-3-8-16-34,35-17-9-4-10-18-35)31-41(36-19-11-5-12-20-36,37-21-13-6-14-22-37)39-29-25-33(2)26-30-39/h3-30H,31H2,1-2H3. The van der Waals surface area contributed by atoms with Gasteiger partial charge in [0.2, 0.25) is 0 Å². The van der Waals surface area contributed by atoms with E-state index in [1.165, 1.54) is 42.2 Å². The first kappa shape index (κ1) is 26.9. The van der Waals surface area contributed by atoms with Gasteiger partial charge >= 0.3 is 0 Å². The van der Waals surface area contributed by atoms with Crippen molar-refractivity contribution in [3.63, 3.8) is 0 Å². The van der Waals surface area contributed by atoms with Gasteiger partial charge in [-0.15, -0.1) is 0 Å². The topological polar surface area (TPSA) is 0 Å².